The SMILES string of the molecule is CC.CCCCCOc1cc(F)c2c(c1)NC=NC2Nc1ccc(NC(=O)CC(=O)N(CC)CC)cc1. The smallest absolute Gasteiger partial charge is 0.233 e. The molecule has 2 amide bonds. The Morgan fingerprint density at radius 3 is 2.38 bits per heavy atom. The van der Waals surface area contributed by atoms with Crippen molar-refractivity contribution in [3.63, 3.8) is 0 Å². The molecular weight excluding hydrogens is 473 g/mol. The molecule has 3 N–H and O–H groups in total. The molecule has 0 bridgehead atoms. The van der Waals surface area contributed by atoms with Crippen molar-refractivity contribution in [3.05, 3.63) is 47.8 Å². The molecule has 2 aromatic carbocycles. The van der Waals surface area contributed by atoms with E-state index in [-0.39, 0.29) is 18.2 Å². The molecule has 202 valence electrons. The van der Waals surface area contributed by atoms with Crippen LogP contribution < -0.4 is 20.7 Å². The van der Waals surface area contributed by atoms with Crippen LogP contribution in [0.4, 0.5) is 21.5 Å². The van der Waals surface area contributed by atoms with Crippen LogP contribution in [0.2, 0.25) is 0 Å². The Bertz CT molecular complexity index is 1040. The van der Waals surface area contributed by atoms with Crippen LogP contribution in [0.3, 0.4) is 0 Å². The highest BCUT2D eigenvalue weighted by Gasteiger charge is 2.23. The molecule has 3 rings (SSSR count). The fourth-order valence-corrected chi connectivity index (χ4v) is 3.82. The first-order valence-electron chi connectivity index (χ1n) is 13.1. The van der Waals surface area contributed by atoms with E-state index in [1.807, 2.05) is 27.7 Å². The molecule has 0 spiro atoms. The molecule has 1 heterocycles. The molecule has 9 heteroatoms. The largest absolute Gasteiger partial charge is 0.493 e. The normalized spacial score (nSPS) is 13.4. The third-order valence-corrected chi connectivity index (χ3v) is 5.74. The fraction of sp³-hybridized carbons (Fsp3) is 0.464. The second-order valence-corrected chi connectivity index (χ2v) is 8.26. The number of carbonyl (C=O) groups is 2. The van der Waals surface area contributed by atoms with Crippen molar-refractivity contribution < 1.29 is 18.7 Å². The monoisotopic (exact) mass is 513 g/mol. The van der Waals surface area contributed by atoms with E-state index in [1.54, 1.807) is 35.2 Å². The van der Waals surface area contributed by atoms with Crippen molar-refractivity contribution in [2.45, 2.75) is 66.5 Å². The van der Waals surface area contributed by atoms with Crippen LogP contribution in [-0.2, 0) is 9.59 Å². The summed E-state index contributed by atoms with van der Waals surface area (Å²) in [6, 6.07) is 10.1. The molecule has 1 aliphatic rings. The number of halogens is 1. The maximum atomic E-state index is 15.0. The van der Waals surface area contributed by atoms with E-state index in [0.717, 1.165) is 19.3 Å². The van der Waals surface area contributed by atoms with E-state index in [1.165, 1.54) is 12.4 Å². The Kier molecular flexibility index (Phi) is 12.4. The molecule has 0 aliphatic carbocycles. The number of benzene rings is 2. The average molecular weight is 514 g/mol. The summed E-state index contributed by atoms with van der Waals surface area (Å²) in [6.45, 7) is 11.6. The highest BCUT2D eigenvalue weighted by molar-refractivity contribution is 6.03. The number of nitrogens with one attached hydrogen (secondary N) is 3. The third-order valence-electron chi connectivity index (χ3n) is 5.74. The van der Waals surface area contributed by atoms with Gasteiger partial charge in [0.1, 0.15) is 18.0 Å². The number of hydrogen-bond donors (Lipinski definition) is 3. The van der Waals surface area contributed by atoms with Crippen molar-refractivity contribution >= 4 is 35.2 Å². The zero-order valence-corrected chi connectivity index (χ0v) is 22.6. The summed E-state index contributed by atoms with van der Waals surface area (Å²) in [5.74, 6) is -0.492. The molecule has 2 aromatic rings. The van der Waals surface area contributed by atoms with Gasteiger partial charge >= 0.3 is 0 Å². The van der Waals surface area contributed by atoms with Gasteiger partial charge in [-0.05, 0) is 44.5 Å². The van der Waals surface area contributed by atoms with E-state index < -0.39 is 12.0 Å². The van der Waals surface area contributed by atoms with Gasteiger partial charge < -0.3 is 25.6 Å². The summed E-state index contributed by atoms with van der Waals surface area (Å²) < 4.78 is 20.7. The lowest BCUT2D eigenvalue weighted by atomic mass is 10.1. The molecule has 0 aromatic heterocycles. The first kappa shape index (κ1) is 29.6. The van der Waals surface area contributed by atoms with Crippen molar-refractivity contribution in [3.8, 4) is 5.75 Å². The number of unbranched alkanes of at least 4 members (excludes halogenated alkanes) is 2. The molecular formula is C28H40FN5O3. The minimum absolute atomic E-state index is 0.203. The van der Waals surface area contributed by atoms with Crippen LogP contribution in [0.25, 0.3) is 0 Å². The minimum Gasteiger partial charge on any atom is -0.493 e. The lowest BCUT2D eigenvalue weighted by Crippen LogP contribution is -2.33. The Labute approximate surface area is 219 Å². The first-order chi connectivity index (χ1) is 17.9. The highest BCUT2D eigenvalue weighted by atomic mass is 19.1. The van der Waals surface area contributed by atoms with Gasteiger partial charge in [-0.15, -0.1) is 0 Å². The molecule has 8 nitrogen and oxygen atoms in total. The quantitative estimate of drug-likeness (QED) is 0.233. The van der Waals surface area contributed by atoms with Gasteiger partial charge in [-0.1, -0.05) is 33.6 Å². The zero-order chi connectivity index (χ0) is 27.2. The number of amides is 2. The Morgan fingerprint density at radius 2 is 1.73 bits per heavy atom. The maximum absolute atomic E-state index is 15.0. The molecule has 0 radical (unpaired) electrons. The molecule has 0 saturated heterocycles. The van der Waals surface area contributed by atoms with E-state index in [9.17, 15) is 14.0 Å². The number of rotatable bonds is 12. The number of aliphatic imine (C=N–C) groups is 1. The van der Waals surface area contributed by atoms with Crippen molar-refractivity contribution in [1.82, 2.24) is 4.90 Å². The topological polar surface area (TPSA) is 95.1 Å². The van der Waals surface area contributed by atoms with Gasteiger partial charge in [0.15, 0.2) is 6.17 Å². The third kappa shape index (κ3) is 8.77. The summed E-state index contributed by atoms with van der Waals surface area (Å²) >= 11 is 0. The number of fused-ring (bicyclic) bond motifs is 1. The maximum Gasteiger partial charge on any atom is 0.233 e. The van der Waals surface area contributed by atoms with Gasteiger partial charge in [-0.3, -0.25) is 9.59 Å². The molecule has 1 atom stereocenters. The minimum atomic E-state index is -0.618. The van der Waals surface area contributed by atoms with Crippen LogP contribution in [0, 0.1) is 5.82 Å². The predicted molar refractivity (Wildman–Crippen MR) is 149 cm³/mol. The summed E-state index contributed by atoms with van der Waals surface area (Å²) in [5, 5.41) is 8.94. The summed E-state index contributed by atoms with van der Waals surface area (Å²) in [7, 11) is 0. The van der Waals surface area contributed by atoms with Gasteiger partial charge in [0, 0.05) is 36.6 Å². The van der Waals surface area contributed by atoms with Gasteiger partial charge in [0.25, 0.3) is 0 Å². The Hall–Kier alpha value is -3.62. The average Bonchev–Trinajstić information content (AvgIpc) is 2.89. The zero-order valence-electron chi connectivity index (χ0n) is 22.6. The molecule has 0 fully saturated rings. The number of anilines is 3. The van der Waals surface area contributed by atoms with E-state index >= 15 is 0 Å². The predicted octanol–water partition coefficient (Wildman–Crippen LogP) is 6.18. The second-order valence-electron chi connectivity index (χ2n) is 8.26. The number of hydrogen-bond acceptors (Lipinski definition) is 6. The summed E-state index contributed by atoms with van der Waals surface area (Å²) in [6.07, 6.45) is 3.80. The van der Waals surface area contributed by atoms with Crippen LogP contribution in [0.15, 0.2) is 41.4 Å². The van der Waals surface area contributed by atoms with Gasteiger partial charge in [0.2, 0.25) is 11.8 Å². The second kappa shape index (κ2) is 15.5. The van der Waals surface area contributed by atoms with Gasteiger partial charge in [0.05, 0.1) is 24.2 Å². The lowest BCUT2D eigenvalue weighted by molar-refractivity contribution is -0.134. The van der Waals surface area contributed by atoms with E-state index in [4.69, 9.17) is 4.74 Å². The summed E-state index contributed by atoms with van der Waals surface area (Å²) in [4.78, 5) is 30.3. The number of ether oxygens (including phenoxy) is 1. The van der Waals surface area contributed by atoms with Crippen LogP contribution >= 0.6 is 0 Å². The van der Waals surface area contributed by atoms with Crippen LogP contribution in [-0.4, -0.2) is 42.7 Å². The van der Waals surface area contributed by atoms with Crippen LogP contribution in [0.5, 0.6) is 5.75 Å². The Morgan fingerprint density at radius 1 is 1.05 bits per heavy atom. The van der Waals surface area contributed by atoms with Gasteiger partial charge in [-0.2, -0.15) is 0 Å². The fourth-order valence-electron chi connectivity index (χ4n) is 3.82. The first-order valence-corrected chi connectivity index (χ1v) is 13.1. The molecule has 37 heavy (non-hydrogen) atoms. The lowest BCUT2D eigenvalue weighted by Gasteiger charge is -2.24. The van der Waals surface area contributed by atoms with Crippen molar-refractivity contribution in [1.29, 1.82) is 0 Å². The van der Waals surface area contributed by atoms with Gasteiger partial charge in [-0.25, -0.2) is 9.38 Å². The number of nitrogens with zero attached hydrogens (tertiary/aromatic N) is 2. The molecule has 1 unspecified atom stereocenters. The summed E-state index contributed by atoms with van der Waals surface area (Å²) in [5.41, 5.74) is 2.28. The van der Waals surface area contributed by atoms with E-state index in [2.05, 4.69) is 27.9 Å². The van der Waals surface area contributed by atoms with Crippen LogP contribution in [0.1, 0.15) is 72.0 Å². The van der Waals surface area contributed by atoms with Crippen molar-refractivity contribution in [2.24, 2.45) is 4.99 Å². The number of carbonyl (C=O) groups excluding carboxylic acids is 2. The molecule has 0 saturated carbocycles. The Balaban J connectivity index is 0.00000235. The highest BCUT2D eigenvalue weighted by Crippen LogP contribution is 2.35. The standard InChI is InChI=1S/C26H34FN5O3.C2H6/c1-4-7-8-13-35-20-14-21(27)25-22(15-20)28-17-29-26(25)31-19-11-9-18(10-12-19)30-23(33)16-24(34)32(5-2)6-3;1-2/h9-12,14-15,17,26,31H,4-8,13,16H2,1-3H3,(H,28,29)(H,30,33);1-2H3. The van der Waals surface area contributed by atoms with E-state index in [0.29, 0.717) is 48.1 Å². The molecule has 1 aliphatic heterocycles. The van der Waals surface area contributed by atoms with Crippen molar-refractivity contribution in [2.75, 3.05) is 35.6 Å².